The monoisotopic (exact) mass is 401 g/mol. The Morgan fingerprint density at radius 1 is 1.11 bits per heavy atom. The quantitative estimate of drug-likeness (QED) is 0.817. The summed E-state index contributed by atoms with van der Waals surface area (Å²) in [6, 6.07) is 13.1. The number of nitrogens with zero attached hydrogens (tertiary/aromatic N) is 2. The number of carbonyl (C=O) groups excluding carboxylic acids is 1. The number of carbonyl (C=O) groups is 1. The second-order valence-corrected chi connectivity index (χ2v) is 7.79. The minimum absolute atomic E-state index is 0.0540. The van der Waals surface area contributed by atoms with E-state index in [1.165, 1.54) is 0 Å². The molecule has 1 amide bonds. The molecule has 5 nitrogen and oxygen atoms in total. The first-order valence-corrected chi connectivity index (χ1v) is 10.2. The Kier molecular flexibility index (Phi) is 6.94. The molecule has 0 aliphatic carbocycles. The number of amides is 1. The van der Waals surface area contributed by atoms with Crippen molar-refractivity contribution in [2.24, 2.45) is 5.73 Å². The van der Waals surface area contributed by atoms with Gasteiger partial charge in [0.1, 0.15) is 11.5 Å². The molecule has 1 saturated heterocycles. The van der Waals surface area contributed by atoms with Crippen LogP contribution >= 0.6 is 11.6 Å². The summed E-state index contributed by atoms with van der Waals surface area (Å²) < 4.78 is 5.93. The van der Waals surface area contributed by atoms with Crippen molar-refractivity contribution < 1.29 is 9.53 Å². The molecule has 1 aliphatic rings. The number of hydrogen-bond acceptors (Lipinski definition) is 4. The Morgan fingerprint density at radius 3 is 2.54 bits per heavy atom. The molecule has 0 radical (unpaired) electrons. The number of rotatable bonds is 5. The highest BCUT2D eigenvalue weighted by atomic mass is 35.5. The molecule has 1 aliphatic heterocycles. The van der Waals surface area contributed by atoms with Crippen LogP contribution in [0.1, 0.15) is 36.2 Å². The number of ether oxygens (including phenoxy) is 1. The number of nitrogens with two attached hydrogens (primary N) is 1. The molecule has 0 saturated carbocycles. The summed E-state index contributed by atoms with van der Waals surface area (Å²) in [4.78, 5) is 17.4. The lowest BCUT2D eigenvalue weighted by Gasteiger charge is -2.25. The number of benzene rings is 2. The van der Waals surface area contributed by atoms with Crippen LogP contribution < -0.4 is 10.5 Å². The second-order valence-electron chi connectivity index (χ2n) is 7.36. The zero-order valence-electron chi connectivity index (χ0n) is 16.5. The maximum Gasteiger partial charge on any atom is 0.253 e. The first-order valence-electron chi connectivity index (χ1n) is 9.77. The lowest BCUT2D eigenvalue weighted by molar-refractivity contribution is 0.0759. The van der Waals surface area contributed by atoms with Crippen LogP contribution in [0.3, 0.4) is 0 Å². The predicted molar refractivity (Wildman–Crippen MR) is 113 cm³/mol. The largest absolute Gasteiger partial charge is 0.457 e. The highest BCUT2D eigenvalue weighted by Crippen LogP contribution is 2.27. The standard InChI is InChI=1S/C22H28ClN3O2/c1-16(2)25-10-3-11-26(13-12-25)22(27)17-4-9-21(18(14-17)15-24)28-20-7-5-19(23)6-8-20/h4-9,14,16H,3,10-13,15,24H2,1-2H3. The van der Waals surface area contributed by atoms with E-state index in [9.17, 15) is 4.79 Å². The van der Waals surface area contributed by atoms with Gasteiger partial charge in [-0.3, -0.25) is 9.69 Å². The van der Waals surface area contributed by atoms with Gasteiger partial charge in [0.05, 0.1) is 0 Å². The first kappa shape index (κ1) is 20.6. The Balaban J connectivity index is 1.73. The van der Waals surface area contributed by atoms with Crippen LogP contribution in [-0.4, -0.2) is 47.9 Å². The third-order valence-corrected chi connectivity index (χ3v) is 5.37. The average molecular weight is 402 g/mol. The summed E-state index contributed by atoms with van der Waals surface area (Å²) in [7, 11) is 0. The molecule has 2 aromatic rings. The molecule has 28 heavy (non-hydrogen) atoms. The molecule has 0 spiro atoms. The van der Waals surface area contributed by atoms with Gasteiger partial charge in [0.25, 0.3) is 5.91 Å². The van der Waals surface area contributed by atoms with Gasteiger partial charge < -0.3 is 15.4 Å². The molecule has 2 aromatic carbocycles. The molecular formula is C22H28ClN3O2. The van der Waals surface area contributed by atoms with Crippen molar-refractivity contribution >= 4 is 17.5 Å². The van der Waals surface area contributed by atoms with E-state index in [0.717, 1.165) is 38.2 Å². The lowest BCUT2D eigenvalue weighted by atomic mass is 10.1. The number of hydrogen-bond donors (Lipinski definition) is 1. The minimum atomic E-state index is 0.0540. The van der Waals surface area contributed by atoms with Crippen molar-refractivity contribution in [3.8, 4) is 11.5 Å². The molecule has 1 fully saturated rings. The molecule has 0 unspecified atom stereocenters. The number of halogens is 1. The smallest absolute Gasteiger partial charge is 0.253 e. The fourth-order valence-electron chi connectivity index (χ4n) is 3.44. The summed E-state index contributed by atoms with van der Waals surface area (Å²) in [5, 5.41) is 0.654. The van der Waals surface area contributed by atoms with Crippen molar-refractivity contribution in [2.45, 2.75) is 32.9 Å². The van der Waals surface area contributed by atoms with Gasteiger partial charge in [0.15, 0.2) is 0 Å². The zero-order chi connectivity index (χ0) is 20.1. The molecule has 0 atom stereocenters. The third kappa shape index (κ3) is 5.04. The maximum atomic E-state index is 13.0. The highest BCUT2D eigenvalue weighted by Gasteiger charge is 2.22. The van der Waals surface area contributed by atoms with E-state index in [1.54, 1.807) is 24.3 Å². The van der Waals surface area contributed by atoms with Crippen molar-refractivity contribution in [1.29, 1.82) is 0 Å². The fourth-order valence-corrected chi connectivity index (χ4v) is 3.57. The average Bonchev–Trinajstić information content (AvgIpc) is 2.96. The van der Waals surface area contributed by atoms with Gasteiger partial charge in [-0.1, -0.05) is 11.6 Å². The normalized spacial score (nSPS) is 15.5. The molecule has 0 bridgehead atoms. The first-order chi connectivity index (χ1) is 13.5. The van der Waals surface area contributed by atoms with Gasteiger partial charge in [-0.15, -0.1) is 0 Å². The molecule has 150 valence electrons. The molecule has 0 aromatic heterocycles. The van der Waals surface area contributed by atoms with E-state index in [4.69, 9.17) is 22.1 Å². The van der Waals surface area contributed by atoms with Gasteiger partial charge in [0, 0.05) is 54.9 Å². The SMILES string of the molecule is CC(C)N1CCCN(C(=O)c2ccc(Oc3ccc(Cl)cc3)c(CN)c2)CC1. The maximum absolute atomic E-state index is 13.0. The van der Waals surface area contributed by atoms with E-state index in [0.29, 0.717) is 34.7 Å². The van der Waals surface area contributed by atoms with Crippen LogP contribution in [0, 0.1) is 0 Å². The lowest BCUT2D eigenvalue weighted by Crippen LogP contribution is -2.37. The van der Waals surface area contributed by atoms with Crippen molar-refractivity contribution in [2.75, 3.05) is 26.2 Å². The van der Waals surface area contributed by atoms with Crippen LogP contribution in [-0.2, 0) is 6.54 Å². The van der Waals surface area contributed by atoms with Gasteiger partial charge >= 0.3 is 0 Å². The van der Waals surface area contributed by atoms with Crippen LogP contribution in [0.4, 0.5) is 0 Å². The molecule has 2 N–H and O–H groups in total. The van der Waals surface area contributed by atoms with E-state index >= 15 is 0 Å². The Bertz CT molecular complexity index is 808. The van der Waals surface area contributed by atoms with E-state index in [-0.39, 0.29) is 5.91 Å². The van der Waals surface area contributed by atoms with Gasteiger partial charge in [-0.25, -0.2) is 0 Å². The van der Waals surface area contributed by atoms with Crippen LogP contribution in [0.15, 0.2) is 42.5 Å². The third-order valence-electron chi connectivity index (χ3n) is 5.12. The van der Waals surface area contributed by atoms with Crippen molar-refractivity contribution in [1.82, 2.24) is 9.80 Å². The summed E-state index contributed by atoms with van der Waals surface area (Å²) in [5.41, 5.74) is 7.38. The molecular weight excluding hydrogens is 374 g/mol. The summed E-state index contributed by atoms with van der Waals surface area (Å²) in [6.07, 6.45) is 0.991. The second kappa shape index (κ2) is 9.41. The summed E-state index contributed by atoms with van der Waals surface area (Å²) in [6.45, 7) is 8.16. The van der Waals surface area contributed by atoms with E-state index in [2.05, 4.69) is 18.7 Å². The molecule has 3 rings (SSSR count). The predicted octanol–water partition coefficient (Wildman–Crippen LogP) is 4.15. The summed E-state index contributed by atoms with van der Waals surface area (Å²) >= 11 is 5.92. The minimum Gasteiger partial charge on any atom is -0.457 e. The zero-order valence-corrected chi connectivity index (χ0v) is 17.3. The Hall–Kier alpha value is -2.08. The van der Waals surface area contributed by atoms with Crippen LogP contribution in [0.25, 0.3) is 0 Å². The topological polar surface area (TPSA) is 58.8 Å². The van der Waals surface area contributed by atoms with Crippen LogP contribution in [0.2, 0.25) is 5.02 Å². The van der Waals surface area contributed by atoms with E-state index in [1.807, 2.05) is 23.1 Å². The van der Waals surface area contributed by atoms with Gasteiger partial charge in [-0.05, 0) is 62.7 Å². The van der Waals surface area contributed by atoms with Gasteiger partial charge in [0.2, 0.25) is 0 Å². The Labute approximate surface area is 172 Å². The van der Waals surface area contributed by atoms with Crippen LogP contribution in [0.5, 0.6) is 11.5 Å². The summed E-state index contributed by atoms with van der Waals surface area (Å²) in [5.74, 6) is 1.39. The Morgan fingerprint density at radius 2 is 1.86 bits per heavy atom. The van der Waals surface area contributed by atoms with Crippen molar-refractivity contribution in [3.05, 3.63) is 58.6 Å². The fraction of sp³-hybridized carbons (Fsp3) is 0.409. The molecule has 1 heterocycles. The molecule has 6 heteroatoms. The van der Waals surface area contributed by atoms with Crippen molar-refractivity contribution in [3.63, 3.8) is 0 Å². The van der Waals surface area contributed by atoms with E-state index < -0.39 is 0 Å². The van der Waals surface area contributed by atoms with Gasteiger partial charge in [-0.2, -0.15) is 0 Å². The highest BCUT2D eigenvalue weighted by molar-refractivity contribution is 6.30.